The molecular weight excluding hydrogens is 440 g/mol. The molecule has 7 nitrogen and oxygen atoms in total. The Hall–Kier alpha value is -4.10. The highest BCUT2D eigenvalue weighted by molar-refractivity contribution is 6.00. The van der Waals surface area contributed by atoms with Crippen molar-refractivity contribution in [1.82, 2.24) is 20.0 Å². The number of aromatic nitrogens is 2. The van der Waals surface area contributed by atoms with Gasteiger partial charge in [-0.2, -0.15) is 5.10 Å². The van der Waals surface area contributed by atoms with Crippen molar-refractivity contribution in [3.05, 3.63) is 96.2 Å². The Bertz CT molecular complexity index is 1270. The molecule has 3 aromatic carbocycles. The maximum absolute atomic E-state index is 13.5. The van der Waals surface area contributed by atoms with E-state index in [0.29, 0.717) is 29.3 Å². The largest absolute Gasteiger partial charge is 0.493 e. The van der Waals surface area contributed by atoms with Gasteiger partial charge in [-0.3, -0.25) is 4.79 Å². The lowest BCUT2D eigenvalue weighted by Gasteiger charge is -2.25. The van der Waals surface area contributed by atoms with E-state index in [1.54, 1.807) is 25.1 Å². The van der Waals surface area contributed by atoms with Crippen molar-refractivity contribution in [3.63, 3.8) is 0 Å². The number of para-hydroxylation sites is 1. The Balaban J connectivity index is 1.69. The van der Waals surface area contributed by atoms with Gasteiger partial charge in [0.05, 0.1) is 31.5 Å². The Morgan fingerprint density at radius 2 is 1.60 bits per heavy atom. The summed E-state index contributed by atoms with van der Waals surface area (Å²) in [6, 6.07) is 25.4. The van der Waals surface area contributed by atoms with Crippen LogP contribution in [0.2, 0.25) is 0 Å². The second-order valence-corrected chi connectivity index (χ2v) is 8.34. The van der Waals surface area contributed by atoms with Gasteiger partial charge in [0.2, 0.25) is 0 Å². The smallest absolute Gasteiger partial charge is 0.255 e. The third-order valence-corrected chi connectivity index (χ3v) is 5.90. The first-order valence-corrected chi connectivity index (χ1v) is 11.4. The number of carbonyl (C=O) groups excluding carboxylic acids is 1. The first kappa shape index (κ1) is 24.0. The predicted molar refractivity (Wildman–Crippen MR) is 137 cm³/mol. The SMILES string of the molecule is COc1ccc(-c2nn(-c3ccccc3)cc2C(=O)NC[C@H](c2ccccc2)N(C)C)cc1OC. The second kappa shape index (κ2) is 10.9. The first-order chi connectivity index (χ1) is 17.0. The van der Waals surface area contributed by atoms with Gasteiger partial charge in [0.15, 0.2) is 11.5 Å². The van der Waals surface area contributed by atoms with E-state index in [4.69, 9.17) is 14.6 Å². The van der Waals surface area contributed by atoms with Crippen LogP contribution in [0.5, 0.6) is 11.5 Å². The van der Waals surface area contributed by atoms with Crippen molar-refractivity contribution in [2.45, 2.75) is 6.04 Å². The van der Waals surface area contributed by atoms with E-state index in [9.17, 15) is 4.79 Å². The van der Waals surface area contributed by atoms with Gasteiger partial charge >= 0.3 is 0 Å². The molecule has 1 amide bonds. The lowest BCUT2D eigenvalue weighted by molar-refractivity contribution is 0.0942. The Labute approximate surface area is 205 Å². The zero-order valence-corrected chi connectivity index (χ0v) is 20.4. The normalized spacial score (nSPS) is 11.8. The standard InChI is InChI=1S/C28H30N4O3/c1-31(2)24(20-11-7-5-8-12-20)18-29-28(33)23-19-32(22-13-9-6-10-14-22)30-27(23)21-15-16-25(34-3)26(17-21)35-4/h5-17,19,24H,18H2,1-4H3,(H,29,33)/t24-/m1/s1. The molecule has 1 N–H and O–H groups in total. The van der Waals surface area contributed by atoms with Crippen LogP contribution in [0.25, 0.3) is 16.9 Å². The number of methoxy groups -OCH3 is 2. The molecule has 1 atom stereocenters. The van der Waals surface area contributed by atoms with Gasteiger partial charge in [0.1, 0.15) is 5.69 Å². The molecule has 0 bridgehead atoms. The maximum Gasteiger partial charge on any atom is 0.255 e. The molecule has 35 heavy (non-hydrogen) atoms. The van der Waals surface area contributed by atoms with E-state index in [2.05, 4.69) is 22.3 Å². The Morgan fingerprint density at radius 3 is 2.23 bits per heavy atom. The topological polar surface area (TPSA) is 68.6 Å². The molecule has 0 aliphatic carbocycles. The molecule has 0 fully saturated rings. The number of likely N-dealkylation sites (N-methyl/N-ethyl adjacent to an activating group) is 1. The van der Waals surface area contributed by atoms with Crippen LogP contribution in [0, 0.1) is 0 Å². The number of hydrogen-bond acceptors (Lipinski definition) is 5. The second-order valence-electron chi connectivity index (χ2n) is 8.34. The van der Waals surface area contributed by atoms with Crippen molar-refractivity contribution in [3.8, 4) is 28.4 Å². The average molecular weight is 471 g/mol. The number of carbonyl (C=O) groups is 1. The number of benzene rings is 3. The van der Waals surface area contributed by atoms with Gasteiger partial charge in [-0.1, -0.05) is 48.5 Å². The van der Waals surface area contributed by atoms with Crippen molar-refractivity contribution < 1.29 is 14.3 Å². The summed E-state index contributed by atoms with van der Waals surface area (Å²) in [5.74, 6) is 0.989. The summed E-state index contributed by atoms with van der Waals surface area (Å²) in [6.07, 6.45) is 1.77. The number of nitrogens with zero attached hydrogens (tertiary/aromatic N) is 3. The fourth-order valence-corrected chi connectivity index (χ4v) is 4.01. The summed E-state index contributed by atoms with van der Waals surface area (Å²) < 4.78 is 12.6. The number of ether oxygens (including phenoxy) is 2. The van der Waals surface area contributed by atoms with E-state index in [-0.39, 0.29) is 11.9 Å². The summed E-state index contributed by atoms with van der Waals surface area (Å²) >= 11 is 0. The Morgan fingerprint density at radius 1 is 0.943 bits per heavy atom. The summed E-state index contributed by atoms with van der Waals surface area (Å²) in [6.45, 7) is 0.456. The molecule has 0 spiro atoms. The molecule has 1 aromatic heterocycles. The van der Waals surface area contributed by atoms with Crippen molar-refractivity contribution in [2.75, 3.05) is 34.9 Å². The van der Waals surface area contributed by atoms with Crippen LogP contribution in [-0.2, 0) is 0 Å². The fraction of sp³-hybridized carbons (Fsp3) is 0.214. The van der Waals surface area contributed by atoms with Gasteiger partial charge in [0.25, 0.3) is 5.91 Å². The molecule has 0 unspecified atom stereocenters. The molecule has 0 saturated heterocycles. The summed E-state index contributed by atoms with van der Waals surface area (Å²) in [7, 11) is 7.19. The minimum atomic E-state index is -0.195. The molecular formula is C28H30N4O3. The van der Waals surface area contributed by atoms with Gasteiger partial charge in [-0.15, -0.1) is 0 Å². The van der Waals surface area contributed by atoms with E-state index < -0.39 is 0 Å². The zero-order valence-electron chi connectivity index (χ0n) is 20.4. The van der Waals surface area contributed by atoms with Crippen LogP contribution in [-0.4, -0.2) is 55.4 Å². The molecule has 4 aromatic rings. The molecule has 180 valence electrons. The maximum atomic E-state index is 13.5. The van der Waals surface area contributed by atoms with Crippen molar-refractivity contribution >= 4 is 5.91 Å². The predicted octanol–water partition coefficient (Wildman–Crippen LogP) is 4.59. The van der Waals surface area contributed by atoms with Crippen LogP contribution in [0.4, 0.5) is 0 Å². The number of hydrogen-bond donors (Lipinski definition) is 1. The van der Waals surface area contributed by atoms with Crippen molar-refractivity contribution in [2.24, 2.45) is 0 Å². The average Bonchev–Trinajstić information content (AvgIpc) is 3.35. The number of nitrogens with one attached hydrogen (secondary N) is 1. The fourth-order valence-electron chi connectivity index (χ4n) is 4.01. The number of amides is 1. The highest BCUT2D eigenvalue weighted by Crippen LogP contribution is 2.33. The number of rotatable bonds is 9. The lowest BCUT2D eigenvalue weighted by atomic mass is 10.0. The third-order valence-electron chi connectivity index (χ3n) is 5.90. The highest BCUT2D eigenvalue weighted by Gasteiger charge is 2.22. The van der Waals surface area contributed by atoms with Crippen LogP contribution >= 0.6 is 0 Å². The van der Waals surface area contributed by atoms with E-state index >= 15 is 0 Å². The Kier molecular flexibility index (Phi) is 7.48. The van der Waals surface area contributed by atoms with E-state index in [1.165, 1.54) is 0 Å². The molecule has 0 aliphatic rings. The van der Waals surface area contributed by atoms with Gasteiger partial charge < -0.3 is 19.7 Å². The molecule has 0 radical (unpaired) electrons. The van der Waals surface area contributed by atoms with Gasteiger partial charge in [-0.25, -0.2) is 4.68 Å². The summed E-state index contributed by atoms with van der Waals surface area (Å²) in [4.78, 5) is 15.6. The van der Waals surface area contributed by atoms with Crippen LogP contribution in [0.15, 0.2) is 85.1 Å². The van der Waals surface area contributed by atoms with E-state index in [1.807, 2.05) is 80.8 Å². The minimum absolute atomic E-state index is 0.0360. The highest BCUT2D eigenvalue weighted by atomic mass is 16.5. The third kappa shape index (κ3) is 5.36. The lowest BCUT2D eigenvalue weighted by Crippen LogP contribution is -2.34. The molecule has 4 rings (SSSR count). The van der Waals surface area contributed by atoms with Crippen molar-refractivity contribution in [1.29, 1.82) is 0 Å². The van der Waals surface area contributed by atoms with E-state index in [0.717, 1.165) is 16.8 Å². The summed E-state index contributed by atoms with van der Waals surface area (Å²) in [5, 5.41) is 7.89. The zero-order chi connectivity index (χ0) is 24.8. The minimum Gasteiger partial charge on any atom is -0.493 e. The molecule has 7 heteroatoms. The van der Waals surface area contributed by atoms with Gasteiger partial charge in [0, 0.05) is 18.3 Å². The van der Waals surface area contributed by atoms with Gasteiger partial charge in [-0.05, 0) is 50.0 Å². The van der Waals surface area contributed by atoms with Crippen LogP contribution in [0.3, 0.4) is 0 Å². The quantitative estimate of drug-likeness (QED) is 0.388. The molecule has 0 saturated carbocycles. The monoisotopic (exact) mass is 470 g/mol. The summed E-state index contributed by atoms with van der Waals surface area (Å²) in [5.41, 5.74) is 3.80. The van der Waals surface area contributed by atoms with Crippen LogP contribution < -0.4 is 14.8 Å². The molecule has 0 aliphatic heterocycles. The van der Waals surface area contributed by atoms with Crippen LogP contribution in [0.1, 0.15) is 22.0 Å². The first-order valence-electron chi connectivity index (χ1n) is 11.4. The molecule has 1 heterocycles.